The summed E-state index contributed by atoms with van der Waals surface area (Å²) in [6, 6.07) is 8.18. The van der Waals surface area contributed by atoms with Gasteiger partial charge in [-0.15, -0.1) is 0 Å². The zero-order valence-corrected chi connectivity index (χ0v) is 17.4. The predicted octanol–water partition coefficient (Wildman–Crippen LogP) is 4.65. The lowest BCUT2D eigenvalue weighted by Gasteiger charge is -2.36. The van der Waals surface area contributed by atoms with Gasteiger partial charge in [0.05, 0.1) is 0 Å². The van der Waals surface area contributed by atoms with Crippen molar-refractivity contribution in [2.75, 3.05) is 0 Å². The number of carbonyl (C=O) groups is 1. The largest absolute Gasteiger partial charge is 0.544 e. The lowest BCUT2D eigenvalue weighted by molar-refractivity contribution is -0.160. The second-order valence-electron chi connectivity index (χ2n) is 9.23. The van der Waals surface area contributed by atoms with Crippen molar-refractivity contribution in [3.63, 3.8) is 0 Å². The molecule has 0 spiro atoms. The Morgan fingerprint density at radius 2 is 1.72 bits per heavy atom. The van der Waals surface area contributed by atoms with Crippen LogP contribution < -0.4 is 4.43 Å². The monoisotopic (exact) mass is 362 g/mol. The molecule has 0 N–H and O–H groups in total. The van der Waals surface area contributed by atoms with Crippen molar-refractivity contribution in [2.45, 2.75) is 83.1 Å². The lowest BCUT2D eigenvalue weighted by atomic mass is 9.95. The number of ether oxygens (including phenoxy) is 2. The highest BCUT2D eigenvalue weighted by Gasteiger charge is 2.54. The Morgan fingerprint density at radius 1 is 1.12 bits per heavy atom. The molecule has 1 heterocycles. The molecule has 25 heavy (non-hydrogen) atoms. The summed E-state index contributed by atoms with van der Waals surface area (Å²) in [6.45, 7) is 14.9. The summed E-state index contributed by atoms with van der Waals surface area (Å²) in [4.78, 5) is 12.3. The molecule has 0 bridgehead atoms. The van der Waals surface area contributed by atoms with Crippen molar-refractivity contribution in [1.82, 2.24) is 0 Å². The fourth-order valence-electron chi connectivity index (χ4n) is 3.32. The molecule has 1 aliphatic heterocycles. The molecule has 1 aromatic rings. The molecule has 2 aliphatic rings. The molecule has 1 aromatic carbocycles. The number of carbonyl (C=O) groups excluding carboxylic acids is 1. The summed E-state index contributed by atoms with van der Waals surface area (Å²) < 4.78 is 18.1. The van der Waals surface area contributed by atoms with Gasteiger partial charge in [-0.3, -0.25) is 4.79 Å². The average molecular weight is 363 g/mol. The first-order valence-electron chi connectivity index (χ1n) is 9.07. The number of hydrogen-bond acceptors (Lipinski definition) is 4. The molecule has 1 saturated carbocycles. The van der Waals surface area contributed by atoms with Crippen LogP contribution >= 0.6 is 0 Å². The molecular formula is C20H30O4Si. The Balaban J connectivity index is 1.76. The molecule has 0 unspecified atom stereocenters. The van der Waals surface area contributed by atoms with Crippen molar-refractivity contribution in [2.24, 2.45) is 0 Å². The van der Waals surface area contributed by atoms with Crippen LogP contribution in [0.25, 0.3) is 0 Å². The van der Waals surface area contributed by atoms with E-state index in [9.17, 15) is 4.79 Å². The van der Waals surface area contributed by atoms with E-state index in [0.29, 0.717) is 6.42 Å². The van der Waals surface area contributed by atoms with Crippen molar-refractivity contribution in [1.29, 1.82) is 0 Å². The zero-order chi connectivity index (χ0) is 18.6. The Morgan fingerprint density at radius 3 is 2.28 bits per heavy atom. The maximum Gasteiger partial charge on any atom is 0.250 e. The van der Waals surface area contributed by atoms with Crippen LogP contribution in [0.3, 0.4) is 0 Å². The Hall–Kier alpha value is -1.17. The molecular weight excluding hydrogens is 332 g/mol. The summed E-state index contributed by atoms with van der Waals surface area (Å²) in [7, 11) is -1.84. The second-order valence-corrected chi connectivity index (χ2v) is 14.0. The normalized spacial score (nSPS) is 28.9. The quantitative estimate of drug-likeness (QED) is 0.734. The number of hydrogen-bond donors (Lipinski definition) is 0. The minimum absolute atomic E-state index is 0.0567. The molecule has 1 saturated heterocycles. The molecule has 2 fully saturated rings. The van der Waals surface area contributed by atoms with E-state index in [2.05, 4.69) is 46.0 Å². The van der Waals surface area contributed by atoms with Crippen molar-refractivity contribution >= 4 is 14.1 Å². The second kappa shape index (κ2) is 5.93. The molecule has 3 atom stereocenters. The van der Waals surface area contributed by atoms with E-state index in [0.717, 1.165) is 11.3 Å². The van der Waals surface area contributed by atoms with Crippen LogP contribution in [-0.2, 0) is 14.3 Å². The Labute approximate surface area is 152 Å². The summed E-state index contributed by atoms with van der Waals surface area (Å²) in [5.41, 5.74) is 1.12. The SMILES string of the molecule is CC1(C)O[C@@H]2[C@@H](c3ccc(O[Si](C)(C)C(C)(C)C)cc3)CC(=O)[C@@H]2O1. The first kappa shape index (κ1) is 18.6. The fraction of sp³-hybridized carbons (Fsp3) is 0.650. The topological polar surface area (TPSA) is 44.8 Å². The molecule has 5 heteroatoms. The summed E-state index contributed by atoms with van der Waals surface area (Å²) >= 11 is 0. The average Bonchev–Trinajstić information content (AvgIpc) is 2.93. The van der Waals surface area contributed by atoms with E-state index in [4.69, 9.17) is 13.9 Å². The van der Waals surface area contributed by atoms with E-state index in [1.807, 2.05) is 26.0 Å². The van der Waals surface area contributed by atoms with Crippen LogP contribution in [0.15, 0.2) is 24.3 Å². The number of ketones is 1. The van der Waals surface area contributed by atoms with Crippen LogP contribution in [-0.4, -0.2) is 32.1 Å². The third-order valence-corrected chi connectivity index (χ3v) is 10.1. The summed E-state index contributed by atoms with van der Waals surface area (Å²) in [5.74, 6) is 0.415. The van der Waals surface area contributed by atoms with Gasteiger partial charge in [0.1, 0.15) is 18.0 Å². The summed E-state index contributed by atoms with van der Waals surface area (Å²) in [6.07, 6.45) is -0.133. The zero-order valence-electron chi connectivity index (χ0n) is 16.4. The van der Waals surface area contributed by atoms with Gasteiger partial charge >= 0.3 is 0 Å². The number of rotatable bonds is 3. The van der Waals surface area contributed by atoms with Gasteiger partial charge in [0.2, 0.25) is 8.32 Å². The highest BCUT2D eigenvalue weighted by molar-refractivity contribution is 6.74. The smallest absolute Gasteiger partial charge is 0.250 e. The number of benzene rings is 1. The van der Waals surface area contributed by atoms with E-state index in [1.165, 1.54) is 0 Å². The minimum Gasteiger partial charge on any atom is -0.544 e. The van der Waals surface area contributed by atoms with Crippen LogP contribution in [0.5, 0.6) is 5.75 Å². The van der Waals surface area contributed by atoms with Crippen molar-refractivity contribution < 1.29 is 18.7 Å². The Kier molecular flexibility index (Phi) is 4.41. The standard InChI is InChI=1S/C20H30O4Si/c1-19(2,3)25(6,7)24-14-10-8-13(9-11-14)15-12-16(21)18-17(15)22-20(4,5)23-18/h8-11,15,17-18H,12H2,1-7H3/t15-,17-,18+/m1/s1. The molecule has 138 valence electrons. The molecule has 0 radical (unpaired) electrons. The highest BCUT2D eigenvalue weighted by atomic mass is 28.4. The van der Waals surface area contributed by atoms with Gasteiger partial charge in [-0.1, -0.05) is 32.9 Å². The molecule has 3 rings (SSSR count). The summed E-state index contributed by atoms with van der Waals surface area (Å²) in [5, 5.41) is 0.164. The van der Waals surface area contributed by atoms with Crippen LogP contribution in [0, 0.1) is 0 Å². The van der Waals surface area contributed by atoms with Crippen LogP contribution in [0.2, 0.25) is 18.1 Å². The van der Waals surface area contributed by atoms with E-state index in [1.54, 1.807) is 0 Å². The number of Topliss-reactive ketones (excluding diaryl/α,β-unsaturated/α-hetero) is 1. The van der Waals surface area contributed by atoms with Gasteiger partial charge in [0.15, 0.2) is 11.6 Å². The highest BCUT2D eigenvalue weighted by Crippen LogP contribution is 2.45. The Bertz CT molecular complexity index is 657. The third kappa shape index (κ3) is 3.55. The first-order valence-corrected chi connectivity index (χ1v) is 12.0. The van der Waals surface area contributed by atoms with E-state index < -0.39 is 20.2 Å². The molecule has 0 amide bonds. The van der Waals surface area contributed by atoms with E-state index in [-0.39, 0.29) is 22.8 Å². The van der Waals surface area contributed by atoms with Crippen molar-refractivity contribution in [3.05, 3.63) is 29.8 Å². The lowest BCUT2D eigenvalue weighted by Crippen LogP contribution is -2.43. The van der Waals surface area contributed by atoms with Gasteiger partial charge in [-0.05, 0) is 49.7 Å². The van der Waals surface area contributed by atoms with Gasteiger partial charge in [-0.2, -0.15) is 0 Å². The van der Waals surface area contributed by atoms with Gasteiger partial charge < -0.3 is 13.9 Å². The van der Waals surface area contributed by atoms with Gasteiger partial charge in [0.25, 0.3) is 0 Å². The number of fused-ring (bicyclic) bond motifs is 1. The molecule has 1 aliphatic carbocycles. The molecule has 0 aromatic heterocycles. The van der Waals surface area contributed by atoms with Crippen LogP contribution in [0.4, 0.5) is 0 Å². The third-order valence-electron chi connectivity index (χ3n) is 5.75. The minimum atomic E-state index is -1.84. The van der Waals surface area contributed by atoms with Crippen molar-refractivity contribution in [3.8, 4) is 5.75 Å². The van der Waals surface area contributed by atoms with E-state index >= 15 is 0 Å². The predicted molar refractivity (Wildman–Crippen MR) is 100 cm³/mol. The van der Waals surface area contributed by atoms with Gasteiger partial charge in [0, 0.05) is 12.3 Å². The first-order chi connectivity index (χ1) is 11.4. The fourth-order valence-corrected chi connectivity index (χ4v) is 4.35. The molecule has 4 nitrogen and oxygen atoms in total. The van der Waals surface area contributed by atoms with Crippen LogP contribution in [0.1, 0.15) is 52.5 Å². The maximum absolute atomic E-state index is 12.3. The van der Waals surface area contributed by atoms with Gasteiger partial charge in [-0.25, -0.2) is 0 Å². The maximum atomic E-state index is 12.3.